The molecule has 0 aliphatic rings. The summed E-state index contributed by atoms with van der Waals surface area (Å²) < 4.78 is 4.65. The van der Waals surface area contributed by atoms with Crippen molar-refractivity contribution in [2.45, 2.75) is 26.4 Å². The summed E-state index contributed by atoms with van der Waals surface area (Å²) in [4.78, 5) is 10.1. The van der Waals surface area contributed by atoms with Gasteiger partial charge in [-0.1, -0.05) is 6.92 Å². The van der Waals surface area contributed by atoms with Crippen molar-refractivity contribution < 1.29 is 42.2 Å². The van der Waals surface area contributed by atoms with E-state index in [1.165, 1.54) is 0 Å². The first-order valence-corrected chi connectivity index (χ1v) is 2.69. The molecule has 0 saturated heterocycles. The molecule has 0 amide bonds. The molecule has 2 nitrogen and oxygen atoms in total. The van der Waals surface area contributed by atoms with Gasteiger partial charge in [0.05, 0.1) is 6.10 Å². The van der Waals surface area contributed by atoms with Gasteiger partial charge in [-0.25, -0.2) is 0 Å². The van der Waals surface area contributed by atoms with Gasteiger partial charge >= 0.3 is 0 Å². The fraction of sp³-hybridized carbons (Fsp3) is 0.667. The SMILES string of the molecule is [CH2-]C(=O)OC(C)CC.[Y]. The van der Waals surface area contributed by atoms with Crippen molar-refractivity contribution in [1.29, 1.82) is 0 Å². The van der Waals surface area contributed by atoms with Crippen LogP contribution < -0.4 is 0 Å². The average Bonchev–Trinajstić information content (AvgIpc) is 1.65. The van der Waals surface area contributed by atoms with Crippen LogP contribution in [-0.4, -0.2) is 12.1 Å². The Balaban J connectivity index is 0. The number of esters is 1. The van der Waals surface area contributed by atoms with E-state index in [0.29, 0.717) is 0 Å². The number of rotatable bonds is 2. The zero-order valence-corrected chi connectivity index (χ0v) is 8.72. The van der Waals surface area contributed by atoms with E-state index in [1.807, 2.05) is 13.8 Å². The van der Waals surface area contributed by atoms with Crippen molar-refractivity contribution in [3.8, 4) is 0 Å². The number of ether oxygens (including phenoxy) is 1. The molecule has 0 aromatic rings. The predicted molar refractivity (Wildman–Crippen MR) is 31.2 cm³/mol. The number of carbonyl (C=O) groups is 1. The van der Waals surface area contributed by atoms with E-state index >= 15 is 0 Å². The van der Waals surface area contributed by atoms with Crippen LogP contribution in [0.25, 0.3) is 0 Å². The summed E-state index contributed by atoms with van der Waals surface area (Å²) in [6, 6.07) is 0. The molecular weight excluding hydrogens is 193 g/mol. The van der Waals surface area contributed by atoms with Crippen LogP contribution in [0.2, 0.25) is 0 Å². The molecule has 0 bridgehead atoms. The Morgan fingerprint density at radius 2 is 2.22 bits per heavy atom. The smallest absolute Gasteiger partial charge is 0.164 e. The van der Waals surface area contributed by atoms with Crippen LogP contribution in [0, 0.1) is 6.92 Å². The molecule has 1 atom stereocenters. The Hall–Kier alpha value is 0.444. The van der Waals surface area contributed by atoms with Gasteiger partial charge < -0.3 is 4.74 Å². The van der Waals surface area contributed by atoms with E-state index in [1.54, 1.807) is 0 Å². The monoisotopic (exact) mass is 204 g/mol. The van der Waals surface area contributed by atoms with Crippen LogP contribution in [0.3, 0.4) is 0 Å². The predicted octanol–water partition coefficient (Wildman–Crippen LogP) is 1.16. The maximum absolute atomic E-state index is 10.1. The first-order valence-electron chi connectivity index (χ1n) is 2.69. The molecule has 0 aliphatic heterocycles. The molecule has 0 saturated carbocycles. The van der Waals surface area contributed by atoms with E-state index in [2.05, 4.69) is 11.7 Å². The molecule has 0 fully saturated rings. The van der Waals surface area contributed by atoms with Gasteiger partial charge in [0.2, 0.25) is 0 Å². The normalized spacial score (nSPS) is 11.3. The van der Waals surface area contributed by atoms with Gasteiger partial charge in [-0.2, -0.15) is 0 Å². The van der Waals surface area contributed by atoms with Crippen molar-refractivity contribution in [1.82, 2.24) is 0 Å². The van der Waals surface area contributed by atoms with Crippen LogP contribution in [0.1, 0.15) is 20.3 Å². The third kappa shape index (κ3) is 8.44. The zero-order chi connectivity index (χ0) is 6.57. The fourth-order valence-electron chi connectivity index (χ4n) is 0.308. The summed E-state index contributed by atoms with van der Waals surface area (Å²) in [6.07, 6.45) is 0.862. The Morgan fingerprint density at radius 1 is 1.78 bits per heavy atom. The van der Waals surface area contributed by atoms with Gasteiger partial charge in [0, 0.05) is 32.7 Å². The molecule has 0 aromatic carbocycles. The summed E-state index contributed by atoms with van der Waals surface area (Å²) in [5, 5.41) is 0. The summed E-state index contributed by atoms with van der Waals surface area (Å²) >= 11 is 0. The minimum atomic E-state index is -0.445. The van der Waals surface area contributed by atoms with Gasteiger partial charge in [0.25, 0.3) is 0 Å². The van der Waals surface area contributed by atoms with Gasteiger partial charge in [-0.3, -0.25) is 11.7 Å². The van der Waals surface area contributed by atoms with Crippen LogP contribution >= 0.6 is 0 Å². The van der Waals surface area contributed by atoms with Crippen LogP contribution in [0.15, 0.2) is 0 Å². The maximum Gasteiger partial charge on any atom is 0.164 e. The van der Waals surface area contributed by atoms with Crippen molar-refractivity contribution in [3.63, 3.8) is 0 Å². The van der Waals surface area contributed by atoms with Gasteiger partial charge in [-0.15, -0.1) is 0 Å². The second kappa shape index (κ2) is 6.56. The Labute approximate surface area is 81.2 Å². The van der Waals surface area contributed by atoms with E-state index < -0.39 is 5.97 Å². The standard InChI is InChI=1S/C6H11O2.Y/c1-4-5(2)8-6(3)7;/h5H,3-4H2,1-2H3;/q-1;. The Kier molecular flexibility index (Phi) is 8.86. The first-order chi connectivity index (χ1) is 3.66. The van der Waals surface area contributed by atoms with Gasteiger partial charge in [0.15, 0.2) is 5.97 Å². The van der Waals surface area contributed by atoms with Crippen molar-refractivity contribution >= 4 is 5.97 Å². The second-order valence-corrected chi connectivity index (χ2v) is 1.71. The number of carbonyl (C=O) groups excluding carboxylic acids is 1. The molecule has 3 heteroatoms. The van der Waals surface area contributed by atoms with Gasteiger partial charge in [0.1, 0.15) is 0 Å². The third-order valence-electron chi connectivity index (χ3n) is 0.908. The van der Waals surface area contributed by atoms with Crippen molar-refractivity contribution in [2.24, 2.45) is 0 Å². The fourth-order valence-corrected chi connectivity index (χ4v) is 0.308. The summed E-state index contributed by atoms with van der Waals surface area (Å²) in [5.41, 5.74) is 0. The quantitative estimate of drug-likeness (QED) is 0.498. The molecule has 0 aromatic heterocycles. The average molecular weight is 204 g/mol. The van der Waals surface area contributed by atoms with E-state index in [4.69, 9.17) is 0 Å². The Morgan fingerprint density at radius 3 is 2.33 bits per heavy atom. The number of hydrogen-bond acceptors (Lipinski definition) is 2. The molecule has 0 heterocycles. The third-order valence-corrected chi connectivity index (χ3v) is 0.908. The summed E-state index contributed by atoms with van der Waals surface area (Å²) in [6.45, 7) is 6.85. The molecule has 51 valence electrons. The molecule has 0 spiro atoms. The molecule has 1 radical (unpaired) electrons. The van der Waals surface area contributed by atoms with Crippen LogP contribution in [0.4, 0.5) is 0 Å². The molecule has 0 rings (SSSR count). The molecule has 1 unspecified atom stereocenters. The van der Waals surface area contributed by atoms with E-state index in [-0.39, 0.29) is 38.8 Å². The van der Waals surface area contributed by atoms with Crippen molar-refractivity contribution in [2.75, 3.05) is 0 Å². The van der Waals surface area contributed by atoms with E-state index in [9.17, 15) is 4.79 Å². The van der Waals surface area contributed by atoms with Crippen LogP contribution in [-0.2, 0) is 42.2 Å². The second-order valence-electron chi connectivity index (χ2n) is 1.71. The molecule has 9 heavy (non-hydrogen) atoms. The number of hydrogen-bond donors (Lipinski definition) is 0. The topological polar surface area (TPSA) is 26.3 Å². The summed E-state index contributed by atoms with van der Waals surface area (Å²) in [5.74, 6) is -0.445. The molecule has 0 N–H and O–H groups in total. The summed E-state index contributed by atoms with van der Waals surface area (Å²) in [7, 11) is 0. The van der Waals surface area contributed by atoms with Crippen molar-refractivity contribution in [3.05, 3.63) is 6.92 Å². The minimum absolute atomic E-state index is 0. The van der Waals surface area contributed by atoms with E-state index in [0.717, 1.165) is 6.42 Å². The largest absolute Gasteiger partial charge is 0.486 e. The zero-order valence-electron chi connectivity index (χ0n) is 5.89. The van der Waals surface area contributed by atoms with Crippen LogP contribution in [0.5, 0.6) is 0 Å². The first kappa shape index (κ1) is 12.2. The Bertz CT molecular complexity index is 83.1. The minimum Gasteiger partial charge on any atom is -0.486 e. The maximum atomic E-state index is 10.1. The van der Waals surface area contributed by atoms with Gasteiger partial charge in [-0.05, 0) is 13.3 Å². The molecule has 0 aliphatic carbocycles. The molecular formula is C6H11O2Y-.